The highest BCUT2D eigenvalue weighted by molar-refractivity contribution is 5.84. The second-order valence-electron chi connectivity index (χ2n) is 4.35. The molecule has 18 heavy (non-hydrogen) atoms. The highest BCUT2D eigenvalue weighted by Gasteiger charge is 2.12. The minimum atomic E-state index is 0.604. The third-order valence-corrected chi connectivity index (χ3v) is 2.95. The lowest BCUT2D eigenvalue weighted by Crippen LogP contribution is -2.20. The van der Waals surface area contributed by atoms with Crippen LogP contribution < -0.4 is 10.2 Å². The van der Waals surface area contributed by atoms with Crippen LogP contribution in [-0.4, -0.2) is 40.6 Å². The lowest BCUT2D eigenvalue weighted by Gasteiger charge is -2.18. The zero-order valence-electron chi connectivity index (χ0n) is 11.2. The van der Waals surface area contributed by atoms with Gasteiger partial charge in [-0.3, -0.25) is 0 Å². The van der Waals surface area contributed by atoms with Crippen molar-refractivity contribution in [3.63, 3.8) is 0 Å². The van der Waals surface area contributed by atoms with E-state index in [1.165, 1.54) is 19.3 Å². The summed E-state index contributed by atoms with van der Waals surface area (Å²) in [6.07, 6.45) is 5.28. The molecule has 0 amide bonds. The Morgan fingerprint density at radius 3 is 2.89 bits per heavy atom. The maximum absolute atomic E-state index is 4.50. The van der Waals surface area contributed by atoms with E-state index < -0.39 is 0 Å². The van der Waals surface area contributed by atoms with E-state index in [2.05, 4.69) is 44.1 Å². The summed E-state index contributed by atoms with van der Waals surface area (Å²) in [4.78, 5) is 18.3. The van der Waals surface area contributed by atoms with E-state index in [0.717, 1.165) is 17.9 Å². The zero-order valence-corrected chi connectivity index (χ0v) is 11.2. The standard InChI is InChI=1S/C12H20N6/c1-4-5-6-7-18(3)11-9-10(15-8-14-9)16-12(13-2)17-11/h8H,4-7H2,1-3H3,(H2,13,14,15,16,17). The Labute approximate surface area is 107 Å². The Balaban J connectivity index is 2.27. The van der Waals surface area contributed by atoms with Gasteiger partial charge in [-0.05, 0) is 6.42 Å². The molecule has 0 unspecified atom stereocenters. The van der Waals surface area contributed by atoms with Gasteiger partial charge in [-0.25, -0.2) is 4.98 Å². The van der Waals surface area contributed by atoms with Gasteiger partial charge in [-0.15, -0.1) is 0 Å². The molecule has 98 valence electrons. The molecule has 2 aromatic rings. The minimum absolute atomic E-state index is 0.604. The molecule has 2 heterocycles. The molecule has 0 aliphatic heterocycles. The second-order valence-corrected chi connectivity index (χ2v) is 4.35. The average Bonchev–Trinajstić information content (AvgIpc) is 2.85. The number of fused-ring (bicyclic) bond motifs is 1. The molecular formula is C12H20N6. The Bertz CT molecular complexity index is 506. The Morgan fingerprint density at radius 2 is 2.17 bits per heavy atom. The first-order chi connectivity index (χ1) is 8.76. The van der Waals surface area contributed by atoms with Crippen LogP contribution in [0.15, 0.2) is 6.33 Å². The number of H-pyrrole nitrogens is 1. The van der Waals surface area contributed by atoms with Gasteiger partial charge < -0.3 is 15.2 Å². The predicted molar refractivity (Wildman–Crippen MR) is 74.0 cm³/mol. The van der Waals surface area contributed by atoms with E-state index in [1.54, 1.807) is 6.33 Å². The quantitative estimate of drug-likeness (QED) is 0.765. The summed E-state index contributed by atoms with van der Waals surface area (Å²) >= 11 is 0. The molecule has 2 aromatic heterocycles. The molecule has 0 aliphatic rings. The van der Waals surface area contributed by atoms with Crippen molar-refractivity contribution in [2.75, 3.05) is 30.9 Å². The molecule has 0 radical (unpaired) electrons. The average molecular weight is 248 g/mol. The van der Waals surface area contributed by atoms with Crippen molar-refractivity contribution >= 4 is 22.9 Å². The number of imidazole rings is 1. The molecule has 0 atom stereocenters. The van der Waals surface area contributed by atoms with Gasteiger partial charge >= 0.3 is 0 Å². The number of anilines is 2. The fourth-order valence-corrected chi connectivity index (χ4v) is 1.91. The monoisotopic (exact) mass is 248 g/mol. The largest absolute Gasteiger partial charge is 0.358 e. The number of nitrogens with zero attached hydrogens (tertiary/aromatic N) is 4. The van der Waals surface area contributed by atoms with Crippen molar-refractivity contribution in [1.82, 2.24) is 19.9 Å². The van der Waals surface area contributed by atoms with Crippen molar-refractivity contribution in [3.8, 4) is 0 Å². The molecule has 0 spiro atoms. The van der Waals surface area contributed by atoms with Gasteiger partial charge in [0.15, 0.2) is 11.5 Å². The van der Waals surface area contributed by atoms with E-state index in [-0.39, 0.29) is 0 Å². The molecule has 0 aromatic carbocycles. The predicted octanol–water partition coefficient (Wildman–Crippen LogP) is 2.02. The van der Waals surface area contributed by atoms with Gasteiger partial charge in [0.05, 0.1) is 6.33 Å². The van der Waals surface area contributed by atoms with Gasteiger partial charge in [0.25, 0.3) is 0 Å². The molecule has 6 heteroatoms. The molecule has 0 saturated carbocycles. The van der Waals surface area contributed by atoms with Crippen molar-refractivity contribution in [1.29, 1.82) is 0 Å². The van der Waals surface area contributed by atoms with Crippen LogP contribution in [0, 0.1) is 0 Å². The Morgan fingerprint density at radius 1 is 1.33 bits per heavy atom. The first-order valence-electron chi connectivity index (χ1n) is 6.36. The summed E-state index contributed by atoms with van der Waals surface area (Å²) in [6.45, 7) is 3.19. The maximum atomic E-state index is 4.50. The first kappa shape index (κ1) is 12.6. The molecule has 0 bridgehead atoms. The van der Waals surface area contributed by atoms with Crippen LogP contribution in [0.4, 0.5) is 11.8 Å². The summed E-state index contributed by atoms with van der Waals surface area (Å²) in [6, 6.07) is 0. The topological polar surface area (TPSA) is 69.7 Å². The lowest BCUT2D eigenvalue weighted by molar-refractivity contribution is 0.702. The maximum Gasteiger partial charge on any atom is 0.226 e. The third-order valence-electron chi connectivity index (χ3n) is 2.95. The van der Waals surface area contributed by atoms with Crippen LogP contribution in [0.3, 0.4) is 0 Å². The number of hydrogen-bond acceptors (Lipinski definition) is 5. The van der Waals surface area contributed by atoms with E-state index in [4.69, 9.17) is 0 Å². The normalized spacial score (nSPS) is 10.8. The minimum Gasteiger partial charge on any atom is -0.358 e. The number of unbranched alkanes of at least 4 members (excludes halogenated alkanes) is 2. The molecule has 0 saturated heterocycles. The molecule has 0 aliphatic carbocycles. The SMILES string of the molecule is CCCCCN(C)c1nc(NC)nc2nc[nH]c12. The number of aromatic amines is 1. The molecule has 2 rings (SSSR count). The van der Waals surface area contributed by atoms with E-state index >= 15 is 0 Å². The van der Waals surface area contributed by atoms with Crippen LogP contribution in [0.1, 0.15) is 26.2 Å². The van der Waals surface area contributed by atoms with E-state index in [1.807, 2.05) is 7.05 Å². The van der Waals surface area contributed by atoms with Gasteiger partial charge in [0.1, 0.15) is 5.52 Å². The smallest absolute Gasteiger partial charge is 0.226 e. The fourth-order valence-electron chi connectivity index (χ4n) is 1.91. The van der Waals surface area contributed by atoms with Crippen LogP contribution in [0.5, 0.6) is 0 Å². The van der Waals surface area contributed by atoms with Gasteiger partial charge in [-0.2, -0.15) is 9.97 Å². The van der Waals surface area contributed by atoms with Crippen molar-refractivity contribution < 1.29 is 0 Å². The lowest BCUT2D eigenvalue weighted by atomic mass is 10.2. The van der Waals surface area contributed by atoms with Crippen molar-refractivity contribution in [2.24, 2.45) is 0 Å². The number of rotatable bonds is 6. The van der Waals surface area contributed by atoms with Crippen LogP contribution in [-0.2, 0) is 0 Å². The Hall–Kier alpha value is -1.85. The Kier molecular flexibility index (Phi) is 3.96. The molecular weight excluding hydrogens is 228 g/mol. The molecule has 2 N–H and O–H groups in total. The molecule has 0 fully saturated rings. The number of aromatic nitrogens is 4. The summed E-state index contributed by atoms with van der Waals surface area (Å²) in [5.74, 6) is 1.50. The fraction of sp³-hybridized carbons (Fsp3) is 0.583. The highest BCUT2D eigenvalue weighted by atomic mass is 15.2. The van der Waals surface area contributed by atoms with Gasteiger partial charge in [-0.1, -0.05) is 19.8 Å². The van der Waals surface area contributed by atoms with Crippen LogP contribution >= 0.6 is 0 Å². The summed E-state index contributed by atoms with van der Waals surface area (Å²) in [5.41, 5.74) is 1.60. The third kappa shape index (κ3) is 2.52. The highest BCUT2D eigenvalue weighted by Crippen LogP contribution is 2.21. The first-order valence-corrected chi connectivity index (χ1v) is 6.36. The van der Waals surface area contributed by atoms with E-state index in [9.17, 15) is 0 Å². The second kappa shape index (κ2) is 5.66. The summed E-state index contributed by atoms with van der Waals surface area (Å²) in [7, 11) is 3.87. The van der Waals surface area contributed by atoms with Gasteiger partial charge in [0, 0.05) is 20.6 Å². The van der Waals surface area contributed by atoms with Crippen LogP contribution in [0.25, 0.3) is 11.2 Å². The van der Waals surface area contributed by atoms with Crippen LogP contribution in [0.2, 0.25) is 0 Å². The summed E-state index contributed by atoms with van der Waals surface area (Å²) in [5, 5.41) is 2.97. The number of nitrogens with one attached hydrogen (secondary N) is 2. The van der Waals surface area contributed by atoms with E-state index in [0.29, 0.717) is 11.6 Å². The number of hydrogen-bond donors (Lipinski definition) is 2. The molecule has 6 nitrogen and oxygen atoms in total. The summed E-state index contributed by atoms with van der Waals surface area (Å²) < 4.78 is 0. The van der Waals surface area contributed by atoms with Gasteiger partial charge in [0.2, 0.25) is 5.95 Å². The van der Waals surface area contributed by atoms with Crippen molar-refractivity contribution in [3.05, 3.63) is 6.33 Å². The zero-order chi connectivity index (χ0) is 13.0. The van der Waals surface area contributed by atoms with Crippen molar-refractivity contribution in [2.45, 2.75) is 26.2 Å².